The van der Waals surface area contributed by atoms with Crippen LogP contribution in [-0.4, -0.2) is 187 Å². The lowest BCUT2D eigenvalue weighted by Gasteiger charge is -2.24. The van der Waals surface area contributed by atoms with Crippen LogP contribution >= 0.6 is 34.8 Å². The molecule has 0 saturated carbocycles. The quantitative estimate of drug-likeness (QED) is 0.0153. The number of benzene rings is 9. The first-order valence-electron chi connectivity index (χ1n) is 43.2. The average Bonchev–Trinajstić information content (AvgIpc) is 1.53. The van der Waals surface area contributed by atoms with E-state index in [0.29, 0.717) is 73.9 Å². The number of methoxy groups -OCH3 is 2. The number of phenolic OH excluding ortho intramolecular Hbond substituents is 1. The molecule has 3 aliphatic heterocycles. The number of hydrogen-bond acceptors (Lipinski definition) is 23. The zero-order valence-corrected chi connectivity index (χ0v) is 84.2. The zero-order valence-electron chi connectivity index (χ0n) is 78.7. The van der Waals surface area contributed by atoms with Crippen molar-refractivity contribution in [3.8, 4) is 28.7 Å². The number of anilines is 3. The highest BCUT2D eigenvalue weighted by Crippen LogP contribution is 2.50. The number of fused-ring (bicyclic) bond motifs is 6. The maximum absolute atomic E-state index is 14.7. The second-order valence-corrected chi connectivity index (χ2v) is 44.7. The van der Waals surface area contributed by atoms with Gasteiger partial charge in [-0.1, -0.05) is 76.8 Å². The number of aliphatic hydroxyl groups is 3. The van der Waals surface area contributed by atoms with Gasteiger partial charge in [0.2, 0.25) is 30.1 Å². The summed E-state index contributed by atoms with van der Waals surface area (Å²) >= 11 is 17.6. The SMILES string of the molecule is CN(c1c2c(c(O)c3ncc(Cc4cc(Cl)c(F)cc4F)cc13)C(=O)N(CCC(C)(C)O)C2)S(C)(=O)=O.COc1ccc(COc2c3c(c(N(C)S(C)(=O)=O)c4cc(Cc5cc(Cl)c(F)cc5F)cnc24)CN(CCC(C)(C)O)C3=O)cc1.COc1ccc(COc2c3c(c(N(C)S(C)(=O)=O)c4cc(Cc5cc(Cl)c(F)cc5F)cnc24)CNC3=O)cc1.Cc1ccc(S(=O)(=O)OCCC(C)(C)O)cc1. The summed E-state index contributed by atoms with van der Waals surface area (Å²) in [5.41, 5.74) is 3.99. The standard InChI is InChI=1S/C33H34ClF2N3O6S.C28H24ClF2N3O5S.C25H26ClF2N3O5S.C12H18O4S/c1-33(2,41)10-11-39-17-24-28(32(39)40)31(45-18-19-6-8-22(44-4)9-7-19)29-23(30(24)38(3)46(5,42)43)13-20(16-37-29)12-21-14-25(34)27(36)15-26(21)35;1-34(40(3,36)37)26-19-9-16(8-17-10-21(29)23(31)11-22(17)30)12-32-25(19)27(24-20(26)13-33-28(24)35)39-14-15-4-6-18(38-2)7-5-15;1-25(2,34)5-6-31-12-16-20(24(31)33)23(32)21-15(22(16)30(3)37(4,35)36)8-13(11-29-21)7-14-9-17(26)19(28)10-18(14)27;1-10-4-6-11(7-5-10)17(14,15)16-9-8-12(2,3)13/h6-9,13-16,41H,10-12,17-18H2,1-5H3;4-7,9-12H,8,13-14H2,1-3H3,(H,33,35);8-11,32,34H,5-7,12H2,1-4H3;4-7,13H,8-9H2,1-3H3. The zero-order chi connectivity index (χ0) is 103. The van der Waals surface area contributed by atoms with E-state index in [0.717, 1.165) is 48.4 Å². The van der Waals surface area contributed by atoms with Gasteiger partial charge < -0.3 is 54.5 Å². The van der Waals surface area contributed by atoms with Crippen LogP contribution in [-0.2, 0) is 96.5 Å². The minimum Gasteiger partial charge on any atom is -0.505 e. The highest BCUT2D eigenvalue weighted by molar-refractivity contribution is 7.92. The summed E-state index contributed by atoms with van der Waals surface area (Å²) in [6.07, 6.45) is 8.17. The Morgan fingerprint density at radius 2 is 0.793 bits per heavy atom. The molecule has 0 fully saturated rings. The van der Waals surface area contributed by atoms with Gasteiger partial charge >= 0.3 is 0 Å². The van der Waals surface area contributed by atoms with Gasteiger partial charge in [0.05, 0.1) is 110 Å². The van der Waals surface area contributed by atoms with Gasteiger partial charge in [-0.25, -0.2) is 51.6 Å². The Labute approximate surface area is 821 Å². The van der Waals surface area contributed by atoms with E-state index in [2.05, 4.69) is 20.3 Å². The number of nitrogens with one attached hydrogen (secondary N) is 1. The first kappa shape index (κ1) is 107. The summed E-state index contributed by atoms with van der Waals surface area (Å²) < 4.78 is 216. The number of phenols is 1. The first-order chi connectivity index (χ1) is 65.3. The number of sulfonamides is 3. The molecule has 0 unspecified atom stereocenters. The number of pyridine rings is 3. The molecule has 3 aliphatic rings. The fourth-order valence-electron chi connectivity index (χ4n) is 15.5. The molecule has 15 rings (SSSR count). The molecule has 29 nitrogen and oxygen atoms in total. The summed E-state index contributed by atoms with van der Waals surface area (Å²) in [6, 6.07) is 31.4. The van der Waals surface area contributed by atoms with Gasteiger partial charge in [-0.15, -0.1) is 0 Å². The molecule has 3 amide bonds. The maximum Gasteiger partial charge on any atom is 0.296 e. The van der Waals surface area contributed by atoms with Gasteiger partial charge in [-0.2, -0.15) is 8.42 Å². The van der Waals surface area contributed by atoms with Gasteiger partial charge in [0.1, 0.15) is 76.2 Å². The molecule has 746 valence electrons. The number of rotatable bonds is 31. The summed E-state index contributed by atoms with van der Waals surface area (Å²) in [4.78, 5) is 56.7. The third kappa shape index (κ3) is 25.2. The van der Waals surface area contributed by atoms with Crippen LogP contribution in [0.2, 0.25) is 15.1 Å². The normalized spacial score (nSPS) is 13.3. The van der Waals surface area contributed by atoms with Crippen LogP contribution in [0.4, 0.5) is 43.4 Å². The molecule has 3 aromatic heterocycles. The van der Waals surface area contributed by atoms with Gasteiger partial charge in [0.15, 0.2) is 17.2 Å². The predicted octanol–water partition coefficient (Wildman–Crippen LogP) is 16.7. The largest absolute Gasteiger partial charge is 0.505 e. The minimum absolute atomic E-state index is 0.00305. The summed E-state index contributed by atoms with van der Waals surface area (Å²) in [6.45, 7) is 12.3. The van der Waals surface area contributed by atoms with E-state index in [9.17, 15) is 94.8 Å². The van der Waals surface area contributed by atoms with Crippen LogP contribution in [0.15, 0.2) is 151 Å². The monoisotopic (exact) mass is 2070 g/mol. The van der Waals surface area contributed by atoms with Gasteiger partial charge in [0, 0.05) is 149 Å². The maximum atomic E-state index is 14.7. The number of carbonyl (C=O) groups is 3. The van der Waals surface area contributed by atoms with E-state index < -0.39 is 109 Å². The Hall–Kier alpha value is -11.9. The molecule has 0 aliphatic carbocycles. The number of aryl methyl sites for hydroxylation is 1. The summed E-state index contributed by atoms with van der Waals surface area (Å²) in [5, 5.41) is 44.0. The van der Waals surface area contributed by atoms with E-state index in [-0.39, 0.29) is 201 Å². The molecule has 6 heterocycles. The van der Waals surface area contributed by atoms with Crippen molar-refractivity contribution in [3.63, 3.8) is 0 Å². The van der Waals surface area contributed by atoms with Crippen LogP contribution < -0.4 is 37.2 Å². The molecule has 140 heavy (non-hydrogen) atoms. The minimum atomic E-state index is -3.84. The van der Waals surface area contributed by atoms with Gasteiger partial charge in [-0.05, 0) is 179 Å². The number of amides is 3. The third-order valence-corrected chi connectivity index (χ3v) is 29.0. The van der Waals surface area contributed by atoms with Gasteiger partial charge in [-0.3, -0.25) is 46.4 Å². The molecule has 0 saturated heterocycles. The molecule has 5 N–H and O–H groups in total. The molecule has 42 heteroatoms. The Bertz CT molecular complexity index is 7340. The highest BCUT2D eigenvalue weighted by Gasteiger charge is 2.42. The van der Waals surface area contributed by atoms with Crippen molar-refractivity contribution in [2.75, 3.05) is 86.7 Å². The topological polar surface area (TPSA) is 382 Å². The van der Waals surface area contributed by atoms with E-state index in [1.165, 1.54) is 79.9 Å². The van der Waals surface area contributed by atoms with Crippen LogP contribution in [0, 0.1) is 41.8 Å². The van der Waals surface area contributed by atoms with Gasteiger partial charge in [0.25, 0.3) is 27.8 Å². The van der Waals surface area contributed by atoms with Crippen molar-refractivity contribution in [1.29, 1.82) is 0 Å². The lowest BCUT2D eigenvalue weighted by atomic mass is 9.98. The average molecular weight is 2070 g/mol. The summed E-state index contributed by atoms with van der Waals surface area (Å²) in [5.74, 6) is -5.02. The van der Waals surface area contributed by atoms with Crippen LogP contribution in [0.5, 0.6) is 28.7 Å². The molecule has 9 aromatic carbocycles. The third-order valence-electron chi connectivity index (χ3n) is 23.3. The van der Waals surface area contributed by atoms with Crippen molar-refractivity contribution >= 4 is 142 Å². The molecule has 12 aromatic rings. The number of aromatic hydroxyl groups is 1. The first-order valence-corrected chi connectivity index (χ1v) is 51.3. The van der Waals surface area contributed by atoms with Crippen LogP contribution in [0.1, 0.15) is 159 Å². The number of halogens is 9. The van der Waals surface area contributed by atoms with Crippen molar-refractivity contribution < 1.29 is 118 Å². The lowest BCUT2D eigenvalue weighted by molar-refractivity contribution is 0.0504. The number of nitrogens with zero attached hydrogens (tertiary/aromatic N) is 8. The van der Waals surface area contributed by atoms with Crippen LogP contribution in [0.3, 0.4) is 0 Å². The Morgan fingerprint density at radius 3 is 1.16 bits per heavy atom. The second-order valence-electron chi connectivity index (χ2n) is 35.8. The Balaban J connectivity index is 0.000000174. The van der Waals surface area contributed by atoms with Crippen molar-refractivity contribution in [2.45, 2.75) is 142 Å². The second kappa shape index (κ2) is 42.5. The van der Waals surface area contributed by atoms with E-state index >= 15 is 0 Å². The molecular formula is C98H102Cl3F6N9O20S4. The van der Waals surface area contributed by atoms with Crippen molar-refractivity contribution in [3.05, 3.63) is 279 Å². The molecule has 0 atom stereocenters. The molecule has 0 bridgehead atoms. The Kier molecular flexibility index (Phi) is 32.5. The summed E-state index contributed by atoms with van der Waals surface area (Å²) in [7, 11) is -7.88. The Morgan fingerprint density at radius 1 is 0.450 bits per heavy atom. The van der Waals surface area contributed by atoms with E-state index in [1.54, 1.807) is 110 Å². The lowest BCUT2D eigenvalue weighted by Crippen LogP contribution is -2.31. The number of carbonyl (C=O) groups excluding carboxylic acids is 3. The van der Waals surface area contributed by atoms with E-state index in [1.807, 2.05) is 31.2 Å². The number of hydrogen-bond donors (Lipinski definition) is 5. The molecule has 0 spiro atoms. The molecular weight excluding hydrogens is 1970 g/mol. The number of ether oxygens (including phenoxy) is 4. The van der Waals surface area contributed by atoms with Crippen LogP contribution in [0.25, 0.3) is 32.7 Å². The highest BCUT2D eigenvalue weighted by atomic mass is 35.5. The van der Waals surface area contributed by atoms with Crippen molar-refractivity contribution in [1.82, 2.24) is 30.1 Å². The number of aromatic nitrogens is 3. The fourth-order valence-corrected chi connectivity index (χ4v) is 18.6. The molecule has 0 radical (unpaired) electrons. The fraction of sp³-hybridized carbons (Fsp3) is 0.327. The van der Waals surface area contributed by atoms with E-state index in [4.69, 9.17) is 57.9 Å². The van der Waals surface area contributed by atoms with Crippen molar-refractivity contribution in [2.24, 2.45) is 0 Å². The smallest absolute Gasteiger partial charge is 0.296 e. The predicted molar refractivity (Wildman–Crippen MR) is 522 cm³/mol.